The summed E-state index contributed by atoms with van der Waals surface area (Å²) in [7, 11) is 1.54. The van der Waals surface area contributed by atoms with Crippen molar-refractivity contribution in [3.05, 3.63) is 58.6 Å². The number of carbonyl (C=O) groups excluding carboxylic acids is 2. The van der Waals surface area contributed by atoms with Crippen LogP contribution < -0.4 is 15.0 Å². The zero-order valence-corrected chi connectivity index (χ0v) is 16.3. The molecule has 1 heterocycles. The third-order valence-electron chi connectivity index (χ3n) is 4.80. The van der Waals surface area contributed by atoms with E-state index in [4.69, 9.17) is 16.3 Å². The van der Waals surface area contributed by atoms with Gasteiger partial charge < -0.3 is 15.0 Å². The van der Waals surface area contributed by atoms with Crippen molar-refractivity contribution in [3.8, 4) is 5.75 Å². The summed E-state index contributed by atoms with van der Waals surface area (Å²) in [6.45, 7) is 2.77. The molecule has 1 unspecified atom stereocenters. The van der Waals surface area contributed by atoms with E-state index in [1.165, 1.54) is 5.56 Å². The Labute approximate surface area is 164 Å². The van der Waals surface area contributed by atoms with E-state index in [9.17, 15) is 9.59 Å². The third-order valence-corrected chi connectivity index (χ3v) is 5.21. The lowest BCUT2D eigenvalue weighted by molar-refractivity contribution is -0.126. The Kier molecular flexibility index (Phi) is 6.01. The predicted octanol–water partition coefficient (Wildman–Crippen LogP) is 3.37. The molecule has 0 saturated carbocycles. The monoisotopic (exact) mass is 386 g/mol. The number of carbonyl (C=O) groups is 2. The van der Waals surface area contributed by atoms with Gasteiger partial charge in [0.25, 0.3) is 0 Å². The highest BCUT2D eigenvalue weighted by Gasteiger charge is 2.36. The summed E-state index contributed by atoms with van der Waals surface area (Å²) >= 11 is 6.15. The smallest absolute Gasteiger partial charge is 0.227 e. The van der Waals surface area contributed by atoms with E-state index in [0.29, 0.717) is 29.5 Å². The molecule has 0 spiro atoms. The summed E-state index contributed by atoms with van der Waals surface area (Å²) in [5, 5.41) is 3.53. The second-order valence-electron chi connectivity index (χ2n) is 6.71. The molecule has 1 atom stereocenters. The van der Waals surface area contributed by atoms with E-state index in [-0.39, 0.29) is 24.2 Å². The molecule has 0 radical (unpaired) electrons. The Morgan fingerprint density at radius 3 is 2.74 bits per heavy atom. The fraction of sp³-hybridized carbons (Fsp3) is 0.333. The summed E-state index contributed by atoms with van der Waals surface area (Å²) in [5.74, 6) is -0.0114. The number of anilines is 1. The quantitative estimate of drug-likeness (QED) is 0.828. The maximum Gasteiger partial charge on any atom is 0.227 e. The molecule has 0 aliphatic carbocycles. The van der Waals surface area contributed by atoms with Crippen LogP contribution in [0.3, 0.4) is 0 Å². The summed E-state index contributed by atoms with van der Waals surface area (Å²) in [6, 6.07) is 13.5. The predicted molar refractivity (Wildman–Crippen MR) is 106 cm³/mol. The van der Waals surface area contributed by atoms with Crippen molar-refractivity contribution in [3.63, 3.8) is 0 Å². The molecule has 6 heteroatoms. The first kappa shape index (κ1) is 19.2. The van der Waals surface area contributed by atoms with E-state index in [1.54, 1.807) is 18.1 Å². The molecule has 3 rings (SSSR count). The fourth-order valence-corrected chi connectivity index (χ4v) is 3.41. The summed E-state index contributed by atoms with van der Waals surface area (Å²) < 4.78 is 5.37. The van der Waals surface area contributed by atoms with Crippen molar-refractivity contribution in [2.75, 3.05) is 25.1 Å². The zero-order valence-electron chi connectivity index (χ0n) is 15.5. The molecule has 1 saturated heterocycles. The topological polar surface area (TPSA) is 58.6 Å². The zero-order chi connectivity index (χ0) is 19.4. The van der Waals surface area contributed by atoms with Crippen molar-refractivity contribution >= 4 is 29.1 Å². The van der Waals surface area contributed by atoms with Crippen molar-refractivity contribution in [2.24, 2.45) is 5.92 Å². The summed E-state index contributed by atoms with van der Waals surface area (Å²) in [6.07, 6.45) is 0.961. The van der Waals surface area contributed by atoms with Crippen LogP contribution in [0.25, 0.3) is 0 Å². The number of nitrogens with zero attached hydrogens (tertiary/aromatic N) is 1. The molecule has 1 N–H and O–H groups in total. The van der Waals surface area contributed by atoms with Gasteiger partial charge in [-0.25, -0.2) is 0 Å². The van der Waals surface area contributed by atoms with Crippen LogP contribution in [0.2, 0.25) is 5.02 Å². The van der Waals surface area contributed by atoms with E-state index in [2.05, 4.69) is 5.32 Å². The van der Waals surface area contributed by atoms with Crippen molar-refractivity contribution in [2.45, 2.75) is 19.8 Å². The lowest BCUT2D eigenvalue weighted by atomic mass is 10.1. The van der Waals surface area contributed by atoms with E-state index >= 15 is 0 Å². The highest BCUT2D eigenvalue weighted by Crippen LogP contribution is 2.36. The van der Waals surface area contributed by atoms with Gasteiger partial charge in [-0.05, 0) is 30.5 Å². The van der Waals surface area contributed by atoms with Gasteiger partial charge in [-0.2, -0.15) is 0 Å². The average molecular weight is 387 g/mol. The van der Waals surface area contributed by atoms with Gasteiger partial charge in [0.2, 0.25) is 11.8 Å². The maximum absolute atomic E-state index is 12.5. The first-order valence-electron chi connectivity index (χ1n) is 8.95. The van der Waals surface area contributed by atoms with Gasteiger partial charge >= 0.3 is 0 Å². The van der Waals surface area contributed by atoms with Crippen LogP contribution >= 0.6 is 11.6 Å². The van der Waals surface area contributed by atoms with E-state index < -0.39 is 0 Å². The second kappa shape index (κ2) is 8.44. The second-order valence-corrected chi connectivity index (χ2v) is 7.11. The Morgan fingerprint density at radius 1 is 1.30 bits per heavy atom. The maximum atomic E-state index is 12.5. The third kappa shape index (κ3) is 4.42. The lowest BCUT2D eigenvalue weighted by Crippen LogP contribution is -2.34. The highest BCUT2D eigenvalue weighted by atomic mass is 35.5. The van der Waals surface area contributed by atoms with Crippen molar-refractivity contribution in [1.82, 2.24) is 5.32 Å². The molecule has 2 amide bonds. The van der Waals surface area contributed by atoms with Gasteiger partial charge in [0.1, 0.15) is 5.75 Å². The molecule has 1 aliphatic heterocycles. The molecule has 27 heavy (non-hydrogen) atoms. The van der Waals surface area contributed by atoms with Crippen LogP contribution in [0.4, 0.5) is 5.69 Å². The van der Waals surface area contributed by atoms with Crippen LogP contribution in [-0.4, -0.2) is 32.0 Å². The average Bonchev–Trinajstić information content (AvgIpc) is 3.06. The SMILES string of the molecule is COc1cc(Cl)c(C)cc1N1CC(C(=O)NCCc2ccccc2)CC1=O. The van der Waals surface area contributed by atoms with Gasteiger partial charge in [-0.1, -0.05) is 41.9 Å². The number of rotatable bonds is 6. The largest absolute Gasteiger partial charge is 0.495 e. The van der Waals surface area contributed by atoms with Crippen molar-refractivity contribution < 1.29 is 14.3 Å². The Hall–Kier alpha value is -2.53. The fourth-order valence-electron chi connectivity index (χ4n) is 3.26. The molecule has 1 fully saturated rings. The summed E-state index contributed by atoms with van der Waals surface area (Å²) in [4.78, 5) is 26.6. The number of nitrogens with one attached hydrogen (secondary N) is 1. The van der Waals surface area contributed by atoms with Crippen LogP contribution in [0.1, 0.15) is 17.5 Å². The van der Waals surface area contributed by atoms with Crippen LogP contribution in [0, 0.1) is 12.8 Å². The van der Waals surface area contributed by atoms with Gasteiger partial charge in [-0.15, -0.1) is 0 Å². The number of benzene rings is 2. The number of hydrogen-bond donors (Lipinski definition) is 1. The molecule has 142 valence electrons. The Morgan fingerprint density at radius 2 is 2.04 bits per heavy atom. The van der Waals surface area contributed by atoms with Crippen LogP contribution in [0.15, 0.2) is 42.5 Å². The molecule has 2 aromatic carbocycles. The van der Waals surface area contributed by atoms with Gasteiger partial charge in [0, 0.05) is 30.6 Å². The van der Waals surface area contributed by atoms with E-state index in [1.807, 2.05) is 43.3 Å². The number of hydrogen-bond acceptors (Lipinski definition) is 3. The van der Waals surface area contributed by atoms with Crippen molar-refractivity contribution in [1.29, 1.82) is 0 Å². The van der Waals surface area contributed by atoms with Gasteiger partial charge in [0.15, 0.2) is 0 Å². The van der Waals surface area contributed by atoms with Gasteiger partial charge in [-0.3, -0.25) is 9.59 Å². The standard InChI is InChI=1S/C21H23ClN2O3/c1-14-10-18(19(27-2)12-17(14)22)24-13-16(11-20(24)25)21(26)23-9-8-15-6-4-3-5-7-15/h3-7,10,12,16H,8-9,11,13H2,1-2H3,(H,23,26). The molecule has 0 bridgehead atoms. The number of methoxy groups -OCH3 is 1. The summed E-state index contributed by atoms with van der Waals surface area (Å²) in [5.41, 5.74) is 2.68. The molecular formula is C21H23ClN2O3. The first-order valence-corrected chi connectivity index (χ1v) is 9.33. The highest BCUT2D eigenvalue weighted by molar-refractivity contribution is 6.31. The molecular weight excluding hydrogens is 364 g/mol. The molecule has 1 aliphatic rings. The minimum atomic E-state index is -0.367. The van der Waals surface area contributed by atoms with Crippen LogP contribution in [-0.2, 0) is 16.0 Å². The number of amides is 2. The number of aryl methyl sites for hydroxylation is 1. The molecule has 0 aromatic heterocycles. The van der Waals surface area contributed by atoms with Crippen LogP contribution in [0.5, 0.6) is 5.75 Å². The molecule has 5 nitrogen and oxygen atoms in total. The normalized spacial score (nSPS) is 16.5. The van der Waals surface area contributed by atoms with Gasteiger partial charge in [0.05, 0.1) is 18.7 Å². The Bertz CT molecular complexity index is 839. The lowest BCUT2D eigenvalue weighted by Gasteiger charge is -2.20. The number of ether oxygens (including phenoxy) is 1. The van der Waals surface area contributed by atoms with E-state index in [0.717, 1.165) is 12.0 Å². The minimum Gasteiger partial charge on any atom is -0.495 e. The number of halogens is 1. The minimum absolute atomic E-state index is 0.0850. The molecule has 2 aromatic rings. The Balaban J connectivity index is 1.63. The first-order chi connectivity index (χ1) is 13.0.